The molecule has 0 amide bonds. The Labute approximate surface area is 82.1 Å². The molecule has 0 aliphatic carbocycles. The van der Waals surface area contributed by atoms with Crippen molar-refractivity contribution >= 4 is 11.3 Å². The van der Waals surface area contributed by atoms with Gasteiger partial charge in [0.05, 0.1) is 10.6 Å². The fourth-order valence-corrected chi connectivity index (χ4v) is 1.89. The zero-order chi connectivity index (χ0) is 9.26. The van der Waals surface area contributed by atoms with Crippen LogP contribution in [0.2, 0.25) is 0 Å². The topological polar surface area (TPSA) is 12.9 Å². The minimum Gasteiger partial charge on any atom is -0.252 e. The van der Waals surface area contributed by atoms with Crippen LogP contribution in [-0.2, 0) is 0 Å². The third kappa shape index (κ3) is 1.63. The molecule has 0 bridgehead atoms. The number of aromatic nitrogens is 1. The van der Waals surface area contributed by atoms with Crippen molar-refractivity contribution in [1.82, 2.24) is 4.98 Å². The van der Waals surface area contributed by atoms with Crippen molar-refractivity contribution < 1.29 is 0 Å². The van der Waals surface area contributed by atoms with Gasteiger partial charge in [0.15, 0.2) is 0 Å². The minimum absolute atomic E-state index is 1.08. The van der Waals surface area contributed by atoms with E-state index in [0.29, 0.717) is 0 Å². The number of thiophene rings is 1. The van der Waals surface area contributed by atoms with Gasteiger partial charge in [-0.2, -0.15) is 0 Å². The molecule has 0 radical (unpaired) electrons. The first kappa shape index (κ1) is 8.45. The molecule has 0 spiro atoms. The molecule has 0 atom stereocenters. The minimum atomic E-state index is 1.08. The van der Waals surface area contributed by atoms with Gasteiger partial charge >= 0.3 is 0 Å². The third-order valence-corrected chi connectivity index (χ3v) is 3.02. The Morgan fingerprint density at radius 3 is 2.62 bits per heavy atom. The van der Waals surface area contributed by atoms with Crippen molar-refractivity contribution in [3.05, 3.63) is 40.9 Å². The summed E-state index contributed by atoms with van der Waals surface area (Å²) in [6.07, 6.45) is 0. The Morgan fingerprint density at radius 1 is 1.15 bits per heavy atom. The monoisotopic (exact) mass is 189 g/mol. The van der Waals surface area contributed by atoms with Crippen LogP contribution in [0.1, 0.15) is 11.3 Å². The third-order valence-electron chi connectivity index (χ3n) is 2.12. The first-order chi connectivity index (χ1) is 6.27. The van der Waals surface area contributed by atoms with Crippen molar-refractivity contribution in [3.8, 4) is 10.6 Å². The average Bonchev–Trinajstić information content (AvgIpc) is 2.62. The highest BCUT2D eigenvalue weighted by Gasteiger charge is 2.01. The van der Waals surface area contributed by atoms with Crippen molar-refractivity contribution in [1.29, 1.82) is 0 Å². The quantitative estimate of drug-likeness (QED) is 0.669. The highest BCUT2D eigenvalue weighted by molar-refractivity contribution is 7.13. The molecule has 0 unspecified atom stereocenters. The fourth-order valence-electron chi connectivity index (χ4n) is 1.19. The highest BCUT2D eigenvalue weighted by Crippen LogP contribution is 2.23. The summed E-state index contributed by atoms with van der Waals surface area (Å²) < 4.78 is 0. The lowest BCUT2D eigenvalue weighted by Gasteiger charge is -2.01. The molecule has 2 rings (SSSR count). The molecular formula is C11H11NS. The van der Waals surface area contributed by atoms with Gasteiger partial charge in [-0.05, 0) is 36.9 Å². The van der Waals surface area contributed by atoms with Gasteiger partial charge in [-0.1, -0.05) is 12.1 Å². The Morgan fingerprint density at radius 2 is 2.00 bits per heavy atom. The van der Waals surface area contributed by atoms with Crippen LogP contribution < -0.4 is 0 Å². The van der Waals surface area contributed by atoms with Crippen molar-refractivity contribution in [2.75, 3.05) is 0 Å². The molecule has 2 aromatic heterocycles. The standard InChI is InChI=1S/C11H11NS/c1-8-5-6-10(12-9(8)2)11-4-3-7-13-11/h3-7H,1-2H3. The smallest absolute Gasteiger partial charge is 0.0805 e. The molecule has 2 aromatic rings. The summed E-state index contributed by atoms with van der Waals surface area (Å²) in [5.74, 6) is 0. The molecular weight excluding hydrogens is 178 g/mol. The number of pyridine rings is 1. The fraction of sp³-hybridized carbons (Fsp3) is 0.182. The lowest BCUT2D eigenvalue weighted by molar-refractivity contribution is 1.16. The molecule has 0 fully saturated rings. The highest BCUT2D eigenvalue weighted by atomic mass is 32.1. The number of nitrogens with zero attached hydrogens (tertiary/aromatic N) is 1. The predicted molar refractivity (Wildman–Crippen MR) is 57.0 cm³/mol. The van der Waals surface area contributed by atoms with Crippen LogP contribution >= 0.6 is 11.3 Å². The van der Waals surface area contributed by atoms with Crippen LogP contribution in [0.4, 0.5) is 0 Å². The van der Waals surface area contributed by atoms with E-state index in [2.05, 4.69) is 41.6 Å². The Balaban J connectivity index is 2.49. The summed E-state index contributed by atoms with van der Waals surface area (Å²) in [7, 11) is 0. The summed E-state index contributed by atoms with van der Waals surface area (Å²) in [6, 6.07) is 8.35. The molecule has 0 saturated heterocycles. The summed E-state index contributed by atoms with van der Waals surface area (Å²) in [6.45, 7) is 4.13. The number of rotatable bonds is 1. The lowest BCUT2D eigenvalue weighted by atomic mass is 10.2. The number of aryl methyl sites for hydroxylation is 2. The van der Waals surface area contributed by atoms with E-state index in [4.69, 9.17) is 0 Å². The Bertz CT molecular complexity index is 404. The normalized spacial score (nSPS) is 10.3. The molecule has 0 N–H and O–H groups in total. The Hall–Kier alpha value is -1.15. The second kappa shape index (κ2) is 3.30. The first-order valence-corrected chi connectivity index (χ1v) is 5.13. The maximum Gasteiger partial charge on any atom is 0.0805 e. The molecule has 66 valence electrons. The second-order valence-electron chi connectivity index (χ2n) is 3.08. The van der Waals surface area contributed by atoms with Gasteiger partial charge in [0.25, 0.3) is 0 Å². The maximum atomic E-state index is 4.53. The molecule has 2 heterocycles. The van der Waals surface area contributed by atoms with Crippen LogP contribution in [0, 0.1) is 13.8 Å². The van der Waals surface area contributed by atoms with Gasteiger partial charge < -0.3 is 0 Å². The summed E-state index contributed by atoms with van der Waals surface area (Å²) >= 11 is 1.73. The number of hydrogen-bond acceptors (Lipinski definition) is 2. The van der Waals surface area contributed by atoms with Gasteiger partial charge in [0.2, 0.25) is 0 Å². The zero-order valence-electron chi connectivity index (χ0n) is 7.74. The van der Waals surface area contributed by atoms with E-state index in [1.54, 1.807) is 11.3 Å². The van der Waals surface area contributed by atoms with E-state index in [-0.39, 0.29) is 0 Å². The summed E-state index contributed by atoms with van der Waals surface area (Å²) in [5.41, 5.74) is 3.45. The lowest BCUT2D eigenvalue weighted by Crippen LogP contribution is -1.87. The molecule has 1 nitrogen and oxygen atoms in total. The molecule has 13 heavy (non-hydrogen) atoms. The molecule has 0 aromatic carbocycles. The van der Waals surface area contributed by atoms with Gasteiger partial charge in [-0.25, -0.2) is 0 Å². The molecule has 2 heteroatoms. The SMILES string of the molecule is Cc1ccc(-c2cccs2)nc1C. The molecule has 0 aliphatic heterocycles. The van der Waals surface area contributed by atoms with Gasteiger partial charge in [0.1, 0.15) is 0 Å². The van der Waals surface area contributed by atoms with E-state index >= 15 is 0 Å². The van der Waals surface area contributed by atoms with Crippen molar-refractivity contribution in [3.63, 3.8) is 0 Å². The van der Waals surface area contributed by atoms with Crippen LogP contribution in [-0.4, -0.2) is 4.98 Å². The van der Waals surface area contributed by atoms with E-state index < -0.39 is 0 Å². The molecule has 0 saturated carbocycles. The molecule has 0 aliphatic rings. The first-order valence-electron chi connectivity index (χ1n) is 4.25. The summed E-state index contributed by atoms with van der Waals surface area (Å²) in [4.78, 5) is 5.76. The van der Waals surface area contributed by atoms with Crippen LogP contribution in [0.25, 0.3) is 10.6 Å². The average molecular weight is 189 g/mol. The van der Waals surface area contributed by atoms with E-state index in [1.165, 1.54) is 10.4 Å². The second-order valence-corrected chi connectivity index (χ2v) is 4.02. The zero-order valence-corrected chi connectivity index (χ0v) is 8.56. The van der Waals surface area contributed by atoms with Gasteiger partial charge in [0, 0.05) is 5.69 Å². The van der Waals surface area contributed by atoms with E-state index in [1.807, 2.05) is 6.92 Å². The van der Waals surface area contributed by atoms with Crippen LogP contribution in [0.5, 0.6) is 0 Å². The number of hydrogen-bond donors (Lipinski definition) is 0. The largest absolute Gasteiger partial charge is 0.252 e. The van der Waals surface area contributed by atoms with Crippen molar-refractivity contribution in [2.45, 2.75) is 13.8 Å². The van der Waals surface area contributed by atoms with Gasteiger partial charge in [-0.3, -0.25) is 4.98 Å². The van der Waals surface area contributed by atoms with Crippen LogP contribution in [0.15, 0.2) is 29.6 Å². The Kier molecular flexibility index (Phi) is 2.15. The van der Waals surface area contributed by atoms with Crippen molar-refractivity contribution in [2.24, 2.45) is 0 Å². The maximum absolute atomic E-state index is 4.53. The summed E-state index contributed by atoms with van der Waals surface area (Å²) in [5, 5.41) is 2.08. The van der Waals surface area contributed by atoms with E-state index in [0.717, 1.165) is 11.4 Å². The predicted octanol–water partition coefficient (Wildman–Crippen LogP) is 3.43. The van der Waals surface area contributed by atoms with Gasteiger partial charge in [-0.15, -0.1) is 11.3 Å². The van der Waals surface area contributed by atoms with E-state index in [9.17, 15) is 0 Å². The van der Waals surface area contributed by atoms with Crippen LogP contribution in [0.3, 0.4) is 0 Å².